The lowest BCUT2D eigenvalue weighted by atomic mass is 10.2. The normalized spacial score (nSPS) is 13.1. The van der Waals surface area contributed by atoms with E-state index in [9.17, 15) is 9.59 Å². The van der Waals surface area contributed by atoms with Gasteiger partial charge in [-0.1, -0.05) is 0 Å². The Morgan fingerprint density at radius 2 is 1.93 bits per heavy atom. The summed E-state index contributed by atoms with van der Waals surface area (Å²) in [5.41, 5.74) is -0.543. The molecule has 0 aliphatic carbocycles. The van der Waals surface area contributed by atoms with Crippen molar-refractivity contribution in [2.24, 2.45) is 0 Å². The Bertz CT molecular complexity index is 230. The maximum Gasteiger partial charge on any atom is 0.407 e. The van der Waals surface area contributed by atoms with Gasteiger partial charge < -0.3 is 15.2 Å². The topological polar surface area (TPSA) is 75.6 Å². The van der Waals surface area contributed by atoms with E-state index >= 15 is 0 Å². The number of carbonyl (C=O) groups is 2. The third kappa shape index (κ3) is 7.93. The standard InChI is InChI=1S/C10H19NO4/c1-7(12)8(13)5-6-11-9(14)15-10(2,3)4/h7,12H,5-6H2,1-4H3,(H,11,14). The zero-order valence-corrected chi connectivity index (χ0v) is 9.66. The van der Waals surface area contributed by atoms with E-state index in [1.165, 1.54) is 6.92 Å². The highest BCUT2D eigenvalue weighted by atomic mass is 16.6. The zero-order valence-electron chi connectivity index (χ0n) is 9.66. The molecule has 0 saturated carbocycles. The molecule has 0 heterocycles. The molecule has 0 aromatic carbocycles. The Labute approximate surface area is 89.8 Å². The number of Topliss-reactive ketones (excluding diaryl/α,β-unsaturated/α-hetero) is 1. The zero-order chi connectivity index (χ0) is 12.1. The first kappa shape index (κ1) is 13.9. The monoisotopic (exact) mass is 217 g/mol. The van der Waals surface area contributed by atoms with Crippen molar-refractivity contribution in [2.75, 3.05) is 6.54 Å². The molecule has 0 aromatic rings. The Kier molecular flexibility index (Phi) is 5.28. The SMILES string of the molecule is CC(O)C(=O)CCNC(=O)OC(C)(C)C. The number of hydrogen-bond acceptors (Lipinski definition) is 4. The number of ether oxygens (including phenoxy) is 1. The number of alkyl carbamates (subject to hydrolysis) is 1. The van der Waals surface area contributed by atoms with Gasteiger partial charge in [-0.2, -0.15) is 0 Å². The van der Waals surface area contributed by atoms with E-state index in [0.29, 0.717) is 0 Å². The molecule has 0 aromatic heterocycles. The predicted molar refractivity (Wildman–Crippen MR) is 55.5 cm³/mol. The summed E-state index contributed by atoms with van der Waals surface area (Å²) in [6, 6.07) is 0. The summed E-state index contributed by atoms with van der Waals surface area (Å²) in [7, 11) is 0. The average Bonchev–Trinajstić information content (AvgIpc) is 2.00. The molecule has 15 heavy (non-hydrogen) atoms. The van der Waals surface area contributed by atoms with Gasteiger partial charge in [0.25, 0.3) is 0 Å². The molecule has 88 valence electrons. The summed E-state index contributed by atoms with van der Waals surface area (Å²) in [5, 5.41) is 11.3. The van der Waals surface area contributed by atoms with E-state index in [1.54, 1.807) is 20.8 Å². The first-order chi connectivity index (χ1) is 6.72. The molecule has 0 aliphatic heterocycles. The fraction of sp³-hybridized carbons (Fsp3) is 0.800. The van der Waals surface area contributed by atoms with Crippen molar-refractivity contribution in [2.45, 2.75) is 45.8 Å². The molecule has 0 aliphatic rings. The highest BCUT2D eigenvalue weighted by molar-refractivity contribution is 5.82. The van der Waals surface area contributed by atoms with Crippen LogP contribution in [0.1, 0.15) is 34.1 Å². The smallest absolute Gasteiger partial charge is 0.407 e. The van der Waals surface area contributed by atoms with Crippen molar-refractivity contribution >= 4 is 11.9 Å². The summed E-state index contributed by atoms with van der Waals surface area (Å²) in [4.78, 5) is 22.1. The molecule has 5 heteroatoms. The van der Waals surface area contributed by atoms with Crippen LogP contribution in [0, 0.1) is 0 Å². The number of hydrogen-bond donors (Lipinski definition) is 2. The van der Waals surface area contributed by atoms with Gasteiger partial charge in [-0.25, -0.2) is 4.79 Å². The van der Waals surface area contributed by atoms with Crippen molar-refractivity contribution in [1.29, 1.82) is 0 Å². The number of nitrogens with one attached hydrogen (secondary N) is 1. The van der Waals surface area contributed by atoms with Crippen LogP contribution in [0.25, 0.3) is 0 Å². The Morgan fingerprint density at radius 1 is 1.40 bits per heavy atom. The fourth-order valence-electron chi connectivity index (χ4n) is 0.811. The Hall–Kier alpha value is -1.10. The quantitative estimate of drug-likeness (QED) is 0.732. The maximum atomic E-state index is 11.1. The van der Waals surface area contributed by atoms with Gasteiger partial charge in [0.05, 0.1) is 0 Å². The molecule has 0 radical (unpaired) electrons. The highest BCUT2D eigenvalue weighted by Gasteiger charge is 2.16. The van der Waals surface area contributed by atoms with Crippen LogP contribution >= 0.6 is 0 Å². The van der Waals surface area contributed by atoms with Gasteiger partial charge >= 0.3 is 6.09 Å². The van der Waals surface area contributed by atoms with Crippen molar-refractivity contribution in [1.82, 2.24) is 5.32 Å². The highest BCUT2D eigenvalue weighted by Crippen LogP contribution is 2.06. The van der Waals surface area contributed by atoms with Crippen molar-refractivity contribution in [3.05, 3.63) is 0 Å². The van der Waals surface area contributed by atoms with Crippen molar-refractivity contribution < 1.29 is 19.4 Å². The number of aliphatic hydroxyl groups is 1. The van der Waals surface area contributed by atoms with E-state index in [0.717, 1.165) is 0 Å². The Morgan fingerprint density at radius 3 is 2.33 bits per heavy atom. The molecule has 1 amide bonds. The largest absolute Gasteiger partial charge is 0.444 e. The number of aliphatic hydroxyl groups excluding tert-OH is 1. The van der Waals surface area contributed by atoms with Gasteiger partial charge in [-0.05, 0) is 27.7 Å². The summed E-state index contributed by atoms with van der Waals surface area (Å²) >= 11 is 0. The van der Waals surface area contributed by atoms with Gasteiger partial charge in [0.1, 0.15) is 11.7 Å². The first-order valence-corrected chi connectivity index (χ1v) is 4.90. The van der Waals surface area contributed by atoms with E-state index in [-0.39, 0.29) is 18.7 Å². The molecule has 0 fully saturated rings. The van der Waals surface area contributed by atoms with Gasteiger partial charge in [0.2, 0.25) is 0 Å². The third-order valence-electron chi connectivity index (χ3n) is 1.51. The number of carbonyl (C=O) groups excluding carboxylic acids is 2. The van der Waals surface area contributed by atoms with Gasteiger partial charge in [0, 0.05) is 13.0 Å². The average molecular weight is 217 g/mol. The van der Waals surface area contributed by atoms with Crippen LogP contribution in [0.4, 0.5) is 4.79 Å². The van der Waals surface area contributed by atoms with E-state index in [4.69, 9.17) is 9.84 Å². The number of ketones is 1. The minimum atomic E-state index is -0.981. The van der Waals surface area contributed by atoms with Gasteiger partial charge in [-0.15, -0.1) is 0 Å². The molecule has 0 rings (SSSR count). The van der Waals surface area contributed by atoms with Crippen molar-refractivity contribution in [3.63, 3.8) is 0 Å². The number of rotatable bonds is 4. The summed E-state index contributed by atoms with van der Waals surface area (Å²) < 4.78 is 4.96. The Balaban J connectivity index is 3.70. The van der Waals surface area contributed by atoms with E-state index in [1.807, 2.05) is 0 Å². The van der Waals surface area contributed by atoms with Crippen LogP contribution in [0.15, 0.2) is 0 Å². The second-order valence-corrected chi connectivity index (χ2v) is 4.32. The lowest BCUT2D eigenvalue weighted by molar-refractivity contribution is -0.126. The first-order valence-electron chi connectivity index (χ1n) is 4.90. The second kappa shape index (κ2) is 5.70. The minimum absolute atomic E-state index is 0.108. The van der Waals surface area contributed by atoms with Crippen LogP contribution in [0.2, 0.25) is 0 Å². The van der Waals surface area contributed by atoms with E-state index in [2.05, 4.69) is 5.32 Å². The lowest BCUT2D eigenvalue weighted by Gasteiger charge is -2.19. The molecule has 0 bridgehead atoms. The molecular formula is C10H19NO4. The summed E-state index contributed by atoms with van der Waals surface area (Å²) in [5.74, 6) is -0.300. The molecule has 2 N–H and O–H groups in total. The molecule has 0 saturated heterocycles. The second-order valence-electron chi connectivity index (χ2n) is 4.32. The van der Waals surface area contributed by atoms with E-state index < -0.39 is 17.8 Å². The molecule has 1 unspecified atom stereocenters. The molecule has 0 spiro atoms. The maximum absolute atomic E-state index is 11.1. The predicted octanol–water partition coefficient (Wildman–Crippen LogP) is 0.851. The molecule has 5 nitrogen and oxygen atoms in total. The van der Waals surface area contributed by atoms with Crippen LogP contribution in [0.3, 0.4) is 0 Å². The minimum Gasteiger partial charge on any atom is -0.444 e. The van der Waals surface area contributed by atoms with Crippen LogP contribution in [-0.2, 0) is 9.53 Å². The van der Waals surface area contributed by atoms with Gasteiger partial charge in [-0.3, -0.25) is 4.79 Å². The van der Waals surface area contributed by atoms with Crippen LogP contribution in [-0.4, -0.2) is 35.2 Å². The molecular weight excluding hydrogens is 198 g/mol. The summed E-state index contributed by atoms with van der Waals surface area (Å²) in [6.45, 7) is 6.85. The lowest BCUT2D eigenvalue weighted by Crippen LogP contribution is -2.34. The molecule has 1 atom stereocenters. The van der Waals surface area contributed by atoms with Crippen molar-refractivity contribution in [3.8, 4) is 0 Å². The van der Waals surface area contributed by atoms with Crippen LogP contribution < -0.4 is 5.32 Å². The third-order valence-corrected chi connectivity index (χ3v) is 1.51. The summed E-state index contributed by atoms with van der Waals surface area (Å²) in [6.07, 6.45) is -1.43. The fourth-order valence-corrected chi connectivity index (χ4v) is 0.811. The number of amides is 1. The van der Waals surface area contributed by atoms with Gasteiger partial charge in [0.15, 0.2) is 5.78 Å². The van der Waals surface area contributed by atoms with Crippen LogP contribution in [0.5, 0.6) is 0 Å².